The lowest BCUT2D eigenvalue weighted by Gasteiger charge is -2.22. The third kappa shape index (κ3) is 7.58. The van der Waals surface area contributed by atoms with E-state index < -0.39 is 49.2 Å². The van der Waals surface area contributed by atoms with Crippen molar-refractivity contribution in [3.05, 3.63) is 0 Å². The lowest BCUT2D eigenvalue weighted by molar-refractivity contribution is -0.160. The predicted molar refractivity (Wildman–Crippen MR) is 91.4 cm³/mol. The Hall–Kier alpha value is -0.520. The topological polar surface area (TPSA) is 134 Å². The monoisotopic (exact) mass is 386 g/mol. The van der Waals surface area contributed by atoms with E-state index in [1.165, 1.54) is 35.4 Å². The van der Waals surface area contributed by atoms with E-state index in [-0.39, 0.29) is 13.2 Å². The van der Waals surface area contributed by atoms with Gasteiger partial charge in [-0.3, -0.25) is 9.59 Å². The van der Waals surface area contributed by atoms with Gasteiger partial charge in [0.15, 0.2) is 0 Å². The Bertz CT molecular complexity index is 347. The van der Waals surface area contributed by atoms with Crippen LogP contribution in [-0.2, 0) is 19.1 Å². The lowest BCUT2D eigenvalue weighted by atomic mass is 9.93. The Labute approximate surface area is 149 Å². The van der Waals surface area contributed by atoms with Crippen LogP contribution in [0.2, 0.25) is 0 Å². The second-order valence-corrected chi connectivity index (χ2v) is 8.37. The molecule has 24 heavy (non-hydrogen) atoms. The number of aliphatic hydroxyl groups is 4. The summed E-state index contributed by atoms with van der Waals surface area (Å²) in [6, 6.07) is 0. The predicted octanol–water partition coefficient (Wildman–Crippen LogP) is -0.564. The van der Waals surface area contributed by atoms with Crippen LogP contribution in [0.1, 0.15) is 13.8 Å². The minimum Gasteiger partial charge on any atom is -0.464 e. The maximum absolute atomic E-state index is 11.6. The lowest BCUT2D eigenvalue weighted by Crippen LogP contribution is -2.37. The van der Waals surface area contributed by atoms with Crippen molar-refractivity contribution in [3.63, 3.8) is 0 Å². The average Bonchev–Trinajstić information content (AvgIpc) is 2.61. The maximum atomic E-state index is 11.6. The third-order valence-corrected chi connectivity index (χ3v) is 5.60. The fourth-order valence-corrected chi connectivity index (χ4v) is 2.82. The summed E-state index contributed by atoms with van der Waals surface area (Å²) in [4.78, 5) is 23.3. The van der Waals surface area contributed by atoms with Gasteiger partial charge in [-0.15, -0.1) is 0 Å². The zero-order chi connectivity index (χ0) is 18.6. The summed E-state index contributed by atoms with van der Waals surface area (Å²) >= 11 is 0. The van der Waals surface area contributed by atoms with E-state index in [9.17, 15) is 9.59 Å². The highest BCUT2D eigenvalue weighted by Gasteiger charge is 2.34. The van der Waals surface area contributed by atoms with Gasteiger partial charge in [-0.05, 0) is 13.8 Å². The molecule has 0 aliphatic heterocycles. The molecule has 10 heteroatoms. The summed E-state index contributed by atoms with van der Waals surface area (Å²) in [6.45, 7) is 1.15. The van der Waals surface area contributed by atoms with Gasteiger partial charge in [0.05, 0.1) is 26.4 Å². The Morgan fingerprint density at radius 3 is 1.29 bits per heavy atom. The minimum atomic E-state index is -1.29. The Morgan fingerprint density at radius 1 is 0.750 bits per heavy atom. The van der Waals surface area contributed by atoms with E-state index in [1.807, 2.05) is 0 Å². The molecular weight excluding hydrogens is 360 g/mol. The number of aliphatic hydroxyl groups excluding tert-OH is 4. The van der Waals surface area contributed by atoms with Crippen LogP contribution in [0.25, 0.3) is 0 Å². The van der Waals surface area contributed by atoms with Crippen LogP contribution in [0.3, 0.4) is 0 Å². The molecule has 0 aliphatic rings. The molecule has 4 N–H and O–H groups in total. The van der Waals surface area contributed by atoms with Gasteiger partial charge >= 0.3 is 11.9 Å². The summed E-state index contributed by atoms with van der Waals surface area (Å²) in [7, 11) is 2.83. The van der Waals surface area contributed by atoms with Crippen molar-refractivity contribution < 1.29 is 39.5 Å². The van der Waals surface area contributed by atoms with Crippen LogP contribution in [0.15, 0.2) is 0 Å². The molecule has 0 aliphatic carbocycles. The molecule has 0 spiro atoms. The molecule has 142 valence electrons. The standard InChI is InChI=1S/C14H26O8S2/c1-13(7-15,8-16)11(19)21-3-5-23-24-6-4-22-12(20)14(2,9-17)10-18/h15-18H,3-10H2,1-2H3. The van der Waals surface area contributed by atoms with Crippen molar-refractivity contribution in [1.29, 1.82) is 0 Å². The molecule has 0 atom stereocenters. The highest BCUT2D eigenvalue weighted by molar-refractivity contribution is 8.76. The molecule has 0 saturated heterocycles. The molecule has 0 saturated carbocycles. The number of carbonyl (C=O) groups excluding carboxylic acids is 2. The van der Waals surface area contributed by atoms with E-state index in [0.717, 1.165) is 0 Å². The van der Waals surface area contributed by atoms with Crippen LogP contribution in [0, 0.1) is 10.8 Å². The summed E-state index contributed by atoms with van der Waals surface area (Å²) in [5.74, 6) is -0.302. The van der Waals surface area contributed by atoms with Crippen molar-refractivity contribution in [3.8, 4) is 0 Å². The van der Waals surface area contributed by atoms with Crippen molar-refractivity contribution in [2.45, 2.75) is 13.8 Å². The normalized spacial score (nSPS) is 12.1. The number of hydrogen-bond acceptors (Lipinski definition) is 10. The average molecular weight is 386 g/mol. The van der Waals surface area contributed by atoms with E-state index >= 15 is 0 Å². The molecule has 0 rings (SSSR count). The Morgan fingerprint density at radius 2 is 1.04 bits per heavy atom. The van der Waals surface area contributed by atoms with Gasteiger partial charge in [0.2, 0.25) is 0 Å². The Balaban J connectivity index is 3.76. The number of rotatable bonds is 13. The molecule has 0 aromatic carbocycles. The molecule has 0 unspecified atom stereocenters. The van der Waals surface area contributed by atoms with Gasteiger partial charge in [-0.25, -0.2) is 0 Å². The third-order valence-electron chi connectivity index (χ3n) is 3.26. The smallest absolute Gasteiger partial charge is 0.316 e. The van der Waals surface area contributed by atoms with Crippen LogP contribution in [0.5, 0.6) is 0 Å². The summed E-state index contributed by atoms with van der Waals surface area (Å²) < 4.78 is 9.95. The maximum Gasteiger partial charge on any atom is 0.316 e. The first kappa shape index (κ1) is 23.5. The van der Waals surface area contributed by atoms with Gasteiger partial charge in [0.1, 0.15) is 24.0 Å². The first-order chi connectivity index (χ1) is 11.3. The summed E-state index contributed by atoms with van der Waals surface area (Å²) in [6.07, 6.45) is 0. The second-order valence-electron chi connectivity index (χ2n) is 5.67. The van der Waals surface area contributed by atoms with Gasteiger partial charge < -0.3 is 29.9 Å². The van der Waals surface area contributed by atoms with E-state index in [4.69, 9.17) is 29.9 Å². The Kier molecular flexibility index (Phi) is 11.7. The van der Waals surface area contributed by atoms with Crippen LogP contribution in [-0.4, -0.2) is 83.5 Å². The zero-order valence-electron chi connectivity index (χ0n) is 13.9. The number of carbonyl (C=O) groups is 2. The fraction of sp³-hybridized carbons (Fsp3) is 0.857. The summed E-state index contributed by atoms with van der Waals surface area (Å²) in [5, 5.41) is 36.2. The molecule has 0 heterocycles. The SMILES string of the molecule is CC(CO)(CO)C(=O)OCCSSCCOC(=O)C(C)(CO)CO. The highest BCUT2D eigenvalue weighted by Crippen LogP contribution is 2.22. The first-order valence-corrected chi connectivity index (χ1v) is 9.81. The van der Waals surface area contributed by atoms with Gasteiger partial charge in [-0.1, -0.05) is 21.6 Å². The highest BCUT2D eigenvalue weighted by atomic mass is 33.1. The molecule has 0 amide bonds. The van der Waals surface area contributed by atoms with Gasteiger partial charge in [-0.2, -0.15) is 0 Å². The number of ether oxygens (including phenoxy) is 2. The first-order valence-electron chi connectivity index (χ1n) is 7.32. The van der Waals surface area contributed by atoms with Gasteiger partial charge in [0, 0.05) is 11.5 Å². The molecular formula is C14H26O8S2. The van der Waals surface area contributed by atoms with E-state index in [1.54, 1.807) is 0 Å². The summed E-state index contributed by atoms with van der Waals surface area (Å²) in [5.41, 5.74) is -2.59. The van der Waals surface area contributed by atoms with Gasteiger partial charge in [0.25, 0.3) is 0 Å². The van der Waals surface area contributed by atoms with Crippen LogP contribution in [0.4, 0.5) is 0 Å². The van der Waals surface area contributed by atoms with Crippen molar-refractivity contribution >= 4 is 33.5 Å². The molecule has 0 fully saturated rings. The van der Waals surface area contributed by atoms with E-state index in [2.05, 4.69) is 0 Å². The van der Waals surface area contributed by atoms with Crippen molar-refractivity contribution in [2.24, 2.45) is 10.8 Å². The number of esters is 2. The number of hydrogen-bond donors (Lipinski definition) is 4. The van der Waals surface area contributed by atoms with Crippen molar-refractivity contribution in [1.82, 2.24) is 0 Å². The van der Waals surface area contributed by atoms with Crippen molar-refractivity contribution in [2.75, 3.05) is 51.1 Å². The quantitative estimate of drug-likeness (QED) is 0.185. The van der Waals surface area contributed by atoms with E-state index in [0.29, 0.717) is 11.5 Å². The van der Waals surface area contributed by atoms with Crippen LogP contribution < -0.4 is 0 Å². The minimum absolute atomic E-state index is 0.138. The zero-order valence-corrected chi connectivity index (χ0v) is 15.5. The second kappa shape index (κ2) is 11.9. The molecule has 0 bridgehead atoms. The molecule has 0 aromatic heterocycles. The fourth-order valence-electron chi connectivity index (χ4n) is 1.16. The molecule has 8 nitrogen and oxygen atoms in total. The largest absolute Gasteiger partial charge is 0.464 e. The van der Waals surface area contributed by atoms with Crippen LogP contribution >= 0.6 is 21.6 Å². The molecule has 0 radical (unpaired) electrons. The molecule has 0 aromatic rings.